The maximum absolute atomic E-state index is 11.9. The number of Topliss-reactive ketones (excluding diaryl/α,β-unsaturated/α-hetero) is 1. The van der Waals surface area contributed by atoms with Crippen molar-refractivity contribution >= 4 is 11.8 Å². The van der Waals surface area contributed by atoms with Crippen LogP contribution in [0.1, 0.15) is 21.5 Å². The van der Waals surface area contributed by atoms with Crippen molar-refractivity contribution in [1.82, 2.24) is 0 Å². The van der Waals surface area contributed by atoms with Crippen LogP contribution in [-0.4, -0.2) is 23.5 Å². The number of carboxylic acids is 1. The minimum absolute atomic E-state index is 0.108. The summed E-state index contributed by atoms with van der Waals surface area (Å²) in [5.41, 5.74) is 1.30. The van der Waals surface area contributed by atoms with Gasteiger partial charge < -0.3 is 9.84 Å². The lowest BCUT2D eigenvalue weighted by Gasteiger charge is -2.06. The Hall–Kier alpha value is -3.13. The summed E-state index contributed by atoms with van der Waals surface area (Å²) in [5, 5.41) is 17.6. The number of nitriles is 1. The third kappa shape index (κ3) is 4.18. The zero-order valence-electron chi connectivity index (χ0n) is 11.7. The fraction of sp³-hybridized carbons (Fsp3) is 0.118. The largest absolute Gasteiger partial charge is 0.486 e. The van der Waals surface area contributed by atoms with Crippen LogP contribution in [-0.2, 0) is 11.2 Å². The van der Waals surface area contributed by atoms with Gasteiger partial charge >= 0.3 is 5.97 Å². The van der Waals surface area contributed by atoms with Gasteiger partial charge in [-0.1, -0.05) is 12.1 Å². The second-order valence-electron chi connectivity index (χ2n) is 4.65. The molecule has 1 N–H and O–H groups in total. The molecule has 0 unspecified atom stereocenters. The third-order valence-electron chi connectivity index (χ3n) is 2.96. The number of carbonyl (C=O) groups excluding carboxylic acids is 1. The molecular formula is C17H13NO4. The number of rotatable bonds is 6. The summed E-state index contributed by atoms with van der Waals surface area (Å²) in [6.07, 6.45) is 0.109. The van der Waals surface area contributed by atoms with Crippen LogP contribution in [0.15, 0.2) is 48.5 Å². The molecule has 0 aliphatic carbocycles. The topological polar surface area (TPSA) is 87.4 Å². The van der Waals surface area contributed by atoms with Crippen LogP contribution < -0.4 is 4.74 Å². The lowest BCUT2D eigenvalue weighted by molar-refractivity contribution is -0.120. The Morgan fingerprint density at radius 1 is 1.14 bits per heavy atom. The van der Waals surface area contributed by atoms with Crippen LogP contribution in [0, 0.1) is 11.3 Å². The molecule has 0 fully saturated rings. The second-order valence-corrected chi connectivity index (χ2v) is 4.65. The van der Waals surface area contributed by atoms with Crippen molar-refractivity contribution in [3.8, 4) is 11.8 Å². The Kier molecular flexibility index (Phi) is 4.89. The Morgan fingerprint density at radius 2 is 1.86 bits per heavy atom. The highest BCUT2D eigenvalue weighted by Crippen LogP contribution is 2.12. The summed E-state index contributed by atoms with van der Waals surface area (Å²) in [5.74, 6) is -0.679. The van der Waals surface area contributed by atoms with Crippen LogP contribution in [0.3, 0.4) is 0 Å². The number of carbonyl (C=O) groups is 2. The van der Waals surface area contributed by atoms with E-state index in [-0.39, 0.29) is 24.4 Å². The van der Waals surface area contributed by atoms with Gasteiger partial charge in [-0.15, -0.1) is 0 Å². The van der Waals surface area contributed by atoms with Crippen LogP contribution in [0.2, 0.25) is 0 Å². The highest BCUT2D eigenvalue weighted by atomic mass is 16.5. The van der Waals surface area contributed by atoms with E-state index in [2.05, 4.69) is 0 Å². The highest BCUT2D eigenvalue weighted by molar-refractivity contribution is 5.88. The number of carboxylic acid groups (broad SMARTS) is 1. The van der Waals surface area contributed by atoms with E-state index in [0.29, 0.717) is 16.9 Å². The van der Waals surface area contributed by atoms with E-state index < -0.39 is 5.97 Å². The molecule has 0 bridgehead atoms. The number of ether oxygens (including phenoxy) is 1. The van der Waals surface area contributed by atoms with E-state index in [9.17, 15) is 9.59 Å². The first-order chi connectivity index (χ1) is 10.6. The molecule has 110 valence electrons. The molecule has 5 nitrogen and oxygen atoms in total. The molecule has 0 atom stereocenters. The molecule has 5 heteroatoms. The van der Waals surface area contributed by atoms with Crippen molar-refractivity contribution in [2.24, 2.45) is 0 Å². The van der Waals surface area contributed by atoms with E-state index in [1.807, 2.05) is 6.07 Å². The van der Waals surface area contributed by atoms with Crippen molar-refractivity contribution in [3.05, 3.63) is 65.2 Å². The normalized spacial score (nSPS) is 9.77. The van der Waals surface area contributed by atoms with E-state index in [1.54, 1.807) is 36.4 Å². The summed E-state index contributed by atoms with van der Waals surface area (Å²) in [4.78, 5) is 22.7. The summed E-state index contributed by atoms with van der Waals surface area (Å²) >= 11 is 0. The summed E-state index contributed by atoms with van der Waals surface area (Å²) < 4.78 is 5.34. The first kappa shape index (κ1) is 15.3. The predicted octanol–water partition coefficient (Wildman–Crippen LogP) is 2.45. The predicted molar refractivity (Wildman–Crippen MR) is 78.8 cm³/mol. The number of hydrogen-bond acceptors (Lipinski definition) is 4. The molecule has 2 aromatic carbocycles. The first-order valence-electron chi connectivity index (χ1n) is 6.55. The Balaban J connectivity index is 1.91. The lowest BCUT2D eigenvalue weighted by atomic mass is 10.1. The van der Waals surface area contributed by atoms with E-state index in [1.165, 1.54) is 12.1 Å². The van der Waals surface area contributed by atoms with Gasteiger partial charge in [-0.3, -0.25) is 4.79 Å². The molecule has 0 amide bonds. The van der Waals surface area contributed by atoms with Crippen molar-refractivity contribution in [3.63, 3.8) is 0 Å². The van der Waals surface area contributed by atoms with Gasteiger partial charge in [0.05, 0.1) is 17.2 Å². The molecule has 0 aromatic heterocycles. The fourth-order valence-electron chi connectivity index (χ4n) is 1.88. The van der Waals surface area contributed by atoms with E-state index >= 15 is 0 Å². The average molecular weight is 295 g/mol. The molecule has 0 heterocycles. The SMILES string of the molecule is N#Cc1ccc(OCC(=O)Cc2cccc(C(=O)O)c2)cc1. The van der Waals surface area contributed by atoms with Gasteiger partial charge in [-0.2, -0.15) is 5.26 Å². The minimum atomic E-state index is -1.02. The molecule has 0 aliphatic heterocycles. The van der Waals surface area contributed by atoms with Crippen molar-refractivity contribution < 1.29 is 19.4 Å². The quantitative estimate of drug-likeness (QED) is 0.884. The average Bonchev–Trinajstić information content (AvgIpc) is 2.53. The van der Waals surface area contributed by atoms with Gasteiger partial charge in [-0.25, -0.2) is 4.79 Å². The van der Waals surface area contributed by atoms with Crippen molar-refractivity contribution in [1.29, 1.82) is 5.26 Å². The number of hydrogen-bond donors (Lipinski definition) is 1. The number of ketones is 1. The molecule has 0 spiro atoms. The summed E-state index contributed by atoms with van der Waals surface area (Å²) in [6, 6.07) is 14.7. The Morgan fingerprint density at radius 3 is 2.50 bits per heavy atom. The first-order valence-corrected chi connectivity index (χ1v) is 6.55. The monoisotopic (exact) mass is 295 g/mol. The molecule has 0 saturated heterocycles. The summed E-state index contributed by atoms with van der Waals surface area (Å²) in [6.45, 7) is -0.108. The van der Waals surface area contributed by atoms with Crippen LogP contribution in [0.25, 0.3) is 0 Å². The van der Waals surface area contributed by atoms with Gasteiger partial charge in [0.15, 0.2) is 5.78 Å². The molecule has 0 aliphatic rings. The van der Waals surface area contributed by atoms with E-state index in [4.69, 9.17) is 15.1 Å². The molecule has 2 aromatic rings. The maximum Gasteiger partial charge on any atom is 0.335 e. The third-order valence-corrected chi connectivity index (χ3v) is 2.96. The zero-order valence-corrected chi connectivity index (χ0v) is 11.7. The molecular weight excluding hydrogens is 282 g/mol. The van der Waals surface area contributed by atoms with Crippen LogP contribution >= 0.6 is 0 Å². The van der Waals surface area contributed by atoms with Gasteiger partial charge in [0.25, 0.3) is 0 Å². The molecule has 22 heavy (non-hydrogen) atoms. The smallest absolute Gasteiger partial charge is 0.335 e. The van der Waals surface area contributed by atoms with Gasteiger partial charge in [0.2, 0.25) is 0 Å². The standard InChI is InChI=1S/C17H13NO4/c18-10-12-4-6-16(7-5-12)22-11-15(19)9-13-2-1-3-14(8-13)17(20)21/h1-8H,9,11H2,(H,20,21). The molecule has 2 rings (SSSR count). The maximum atomic E-state index is 11.9. The minimum Gasteiger partial charge on any atom is -0.486 e. The van der Waals surface area contributed by atoms with Gasteiger partial charge in [0.1, 0.15) is 12.4 Å². The number of benzene rings is 2. The second kappa shape index (κ2) is 7.04. The van der Waals surface area contributed by atoms with Crippen molar-refractivity contribution in [2.45, 2.75) is 6.42 Å². The van der Waals surface area contributed by atoms with Crippen molar-refractivity contribution in [2.75, 3.05) is 6.61 Å². The molecule has 0 saturated carbocycles. The Bertz CT molecular complexity index is 729. The number of nitrogens with zero attached hydrogens (tertiary/aromatic N) is 1. The number of aromatic carboxylic acids is 1. The fourth-order valence-corrected chi connectivity index (χ4v) is 1.88. The van der Waals surface area contributed by atoms with Gasteiger partial charge in [0, 0.05) is 6.42 Å². The van der Waals surface area contributed by atoms with E-state index in [0.717, 1.165) is 0 Å². The lowest BCUT2D eigenvalue weighted by Crippen LogP contribution is -2.14. The Labute approximate surface area is 127 Å². The zero-order chi connectivity index (χ0) is 15.9. The van der Waals surface area contributed by atoms with Crippen LogP contribution in [0.4, 0.5) is 0 Å². The van der Waals surface area contributed by atoms with Gasteiger partial charge in [-0.05, 0) is 42.0 Å². The van der Waals surface area contributed by atoms with Crippen LogP contribution in [0.5, 0.6) is 5.75 Å². The molecule has 0 radical (unpaired) electrons. The highest BCUT2D eigenvalue weighted by Gasteiger charge is 2.08. The summed E-state index contributed by atoms with van der Waals surface area (Å²) in [7, 11) is 0.